The number of nitrogens with zero attached hydrogens (tertiary/aromatic N) is 3. The van der Waals surface area contributed by atoms with Crippen LogP contribution in [0.1, 0.15) is 67.8 Å². The first kappa shape index (κ1) is 21.8. The largest absolute Gasteiger partial charge is 0.329 e. The zero-order valence-electron chi connectivity index (χ0n) is 18.4. The van der Waals surface area contributed by atoms with Crippen molar-refractivity contribution in [2.24, 2.45) is 0 Å². The quantitative estimate of drug-likeness (QED) is 0.523. The van der Waals surface area contributed by atoms with Crippen molar-refractivity contribution in [1.82, 2.24) is 14.5 Å². The maximum atomic E-state index is 13.5. The summed E-state index contributed by atoms with van der Waals surface area (Å²) in [6.07, 6.45) is 2.70. The molecule has 3 rings (SSSR count). The molecule has 1 atom stereocenters. The number of benzene rings is 2. The minimum absolute atomic E-state index is 0.0143. The highest BCUT2D eigenvalue weighted by atomic mass is 16.2. The number of hydrogen-bond donors (Lipinski definition) is 0. The van der Waals surface area contributed by atoms with Crippen LogP contribution in [0.2, 0.25) is 0 Å². The van der Waals surface area contributed by atoms with Gasteiger partial charge >= 0.3 is 0 Å². The molecule has 5 heteroatoms. The SMILES string of the molecule is CCCCN(C(=O)c1ccccc1C)C(C)c1nc2ccccc2c(=O)n1CCC. The molecule has 2 aromatic carbocycles. The van der Waals surface area contributed by atoms with Gasteiger partial charge in [0.2, 0.25) is 0 Å². The molecule has 1 aromatic heterocycles. The van der Waals surface area contributed by atoms with E-state index in [-0.39, 0.29) is 17.5 Å². The zero-order chi connectivity index (χ0) is 21.7. The maximum Gasteiger partial charge on any atom is 0.261 e. The Balaban J connectivity index is 2.12. The zero-order valence-corrected chi connectivity index (χ0v) is 18.4. The van der Waals surface area contributed by atoms with Gasteiger partial charge in [0.15, 0.2) is 0 Å². The third kappa shape index (κ3) is 4.30. The van der Waals surface area contributed by atoms with Crippen LogP contribution in [-0.2, 0) is 6.54 Å². The van der Waals surface area contributed by atoms with E-state index in [1.165, 1.54) is 0 Å². The summed E-state index contributed by atoms with van der Waals surface area (Å²) >= 11 is 0. The van der Waals surface area contributed by atoms with E-state index in [1.54, 1.807) is 4.57 Å². The summed E-state index contributed by atoms with van der Waals surface area (Å²) in [7, 11) is 0. The van der Waals surface area contributed by atoms with Gasteiger partial charge in [-0.15, -0.1) is 0 Å². The highest BCUT2D eigenvalue weighted by Crippen LogP contribution is 2.24. The number of carbonyl (C=O) groups is 1. The van der Waals surface area contributed by atoms with Gasteiger partial charge in [-0.3, -0.25) is 14.2 Å². The highest BCUT2D eigenvalue weighted by Gasteiger charge is 2.27. The van der Waals surface area contributed by atoms with Crippen molar-refractivity contribution in [3.8, 4) is 0 Å². The van der Waals surface area contributed by atoms with E-state index in [2.05, 4.69) is 6.92 Å². The van der Waals surface area contributed by atoms with E-state index in [0.717, 1.165) is 24.8 Å². The molecule has 1 unspecified atom stereocenters. The first-order valence-corrected chi connectivity index (χ1v) is 10.9. The second-order valence-corrected chi connectivity index (χ2v) is 7.79. The maximum absolute atomic E-state index is 13.5. The third-order valence-electron chi connectivity index (χ3n) is 5.57. The van der Waals surface area contributed by atoms with E-state index in [9.17, 15) is 9.59 Å². The number of hydrogen-bond acceptors (Lipinski definition) is 3. The molecule has 0 aliphatic carbocycles. The molecule has 0 radical (unpaired) electrons. The van der Waals surface area contributed by atoms with Gasteiger partial charge in [0, 0.05) is 18.7 Å². The fourth-order valence-corrected chi connectivity index (χ4v) is 3.85. The molecule has 0 N–H and O–H groups in total. The standard InChI is InChI=1S/C25H31N3O2/c1-5-7-17-27(24(29)20-13-9-8-12-18(20)3)19(4)23-26-22-15-11-10-14-21(22)25(30)28(23)16-6-2/h8-15,19H,5-7,16-17H2,1-4H3. The van der Waals surface area contributed by atoms with Gasteiger partial charge in [-0.2, -0.15) is 0 Å². The van der Waals surface area contributed by atoms with Gasteiger partial charge in [0.1, 0.15) is 5.82 Å². The molecule has 0 aliphatic rings. The van der Waals surface area contributed by atoms with Crippen LogP contribution in [0, 0.1) is 6.92 Å². The first-order chi connectivity index (χ1) is 14.5. The number of carbonyl (C=O) groups excluding carboxylic acids is 1. The first-order valence-electron chi connectivity index (χ1n) is 10.9. The molecular formula is C25H31N3O2. The van der Waals surface area contributed by atoms with Gasteiger partial charge in [0.25, 0.3) is 11.5 Å². The van der Waals surface area contributed by atoms with Crippen molar-refractivity contribution in [3.05, 3.63) is 75.8 Å². The van der Waals surface area contributed by atoms with E-state index in [0.29, 0.717) is 35.4 Å². The van der Waals surface area contributed by atoms with Crippen LogP contribution in [-0.4, -0.2) is 26.9 Å². The van der Waals surface area contributed by atoms with Gasteiger partial charge in [0.05, 0.1) is 16.9 Å². The van der Waals surface area contributed by atoms with Crippen LogP contribution >= 0.6 is 0 Å². The lowest BCUT2D eigenvalue weighted by atomic mass is 10.1. The summed E-state index contributed by atoms with van der Waals surface area (Å²) in [4.78, 5) is 33.4. The molecule has 0 saturated heterocycles. The molecule has 3 aromatic rings. The molecule has 0 fully saturated rings. The fraction of sp³-hybridized carbons (Fsp3) is 0.400. The average Bonchev–Trinajstić information content (AvgIpc) is 2.76. The molecule has 30 heavy (non-hydrogen) atoms. The smallest absolute Gasteiger partial charge is 0.261 e. The molecule has 1 amide bonds. The molecule has 5 nitrogen and oxygen atoms in total. The van der Waals surface area contributed by atoms with E-state index < -0.39 is 0 Å². The van der Waals surface area contributed by atoms with Crippen molar-refractivity contribution in [3.63, 3.8) is 0 Å². The predicted octanol–water partition coefficient (Wildman–Crippen LogP) is 5.12. The van der Waals surface area contributed by atoms with Crippen LogP contribution in [0.5, 0.6) is 0 Å². The molecule has 0 bridgehead atoms. The topological polar surface area (TPSA) is 55.2 Å². The van der Waals surface area contributed by atoms with Crippen LogP contribution < -0.4 is 5.56 Å². The second-order valence-electron chi connectivity index (χ2n) is 7.79. The normalized spacial score (nSPS) is 12.1. The monoisotopic (exact) mass is 405 g/mol. The number of amides is 1. The number of rotatable bonds is 8. The number of para-hydroxylation sites is 1. The van der Waals surface area contributed by atoms with Crippen LogP contribution in [0.4, 0.5) is 0 Å². The highest BCUT2D eigenvalue weighted by molar-refractivity contribution is 5.95. The van der Waals surface area contributed by atoms with E-state index in [4.69, 9.17) is 4.98 Å². The van der Waals surface area contributed by atoms with Crippen molar-refractivity contribution >= 4 is 16.8 Å². The second kappa shape index (κ2) is 9.70. The van der Waals surface area contributed by atoms with Gasteiger partial charge in [-0.25, -0.2) is 4.98 Å². The van der Waals surface area contributed by atoms with Crippen molar-refractivity contribution in [2.45, 2.75) is 59.5 Å². The van der Waals surface area contributed by atoms with Gasteiger partial charge < -0.3 is 4.90 Å². The Morgan fingerprint density at radius 2 is 1.77 bits per heavy atom. The Hall–Kier alpha value is -2.95. The van der Waals surface area contributed by atoms with Crippen molar-refractivity contribution in [1.29, 1.82) is 0 Å². The number of unbranched alkanes of at least 4 members (excludes halogenated alkanes) is 1. The van der Waals surface area contributed by atoms with Gasteiger partial charge in [-0.05, 0) is 50.5 Å². The average molecular weight is 406 g/mol. The lowest BCUT2D eigenvalue weighted by Crippen LogP contribution is -2.38. The minimum Gasteiger partial charge on any atom is -0.329 e. The Kier molecular flexibility index (Phi) is 7.03. The third-order valence-corrected chi connectivity index (χ3v) is 5.57. The summed E-state index contributed by atoms with van der Waals surface area (Å²) < 4.78 is 1.75. The van der Waals surface area contributed by atoms with E-state index >= 15 is 0 Å². The number of fused-ring (bicyclic) bond motifs is 1. The van der Waals surface area contributed by atoms with Crippen molar-refractivity contribution in [2.75, 3.05) is 6.54 Å². The Morgan fingerprint density at radius 1 is 1.07 bits per heavy atom. The molecule has 0 aliphatic heterocycles. The molecule has 158 valence electrons. The van der Waals surface area contributed by atoms with Crippen LogP contribution in [0.3, 0.4) is 0 Å². The molecule has 1 heterocycles. The van der Waals surface area contributed by atoms with E-state index in [1.807, 2.05) is 74.2 Å². The lowest BCUT2D eigenvalue weighted by Gasteiger charge is -2.31. The molecular weight excluding hydrogens is 374 g/mol. The van der Waals surface area contributed by atoms with Crippen LogP contribution in [0.15, 0.2) is 53.3 Å². The molecule has 0 spiro atoms. The number of aryl methyl sites for hydroxylation is 1. The Bertz CT molecular complexity index is 1090. The summed E-state index contributed by atoms with van der Waals surface area (Å²) in [5.41, 5.74) is 2.29. The Labute approximate surface area is 178 Å². The summed E-state index contributed by atoms with van der Waals surface area (Å²) in [5, 5.41) is 0.618. The number of aromatic nitrogens is 2. The van der Waals surface area contributed by atoms with Gasteiger partial charge in [-0.1, -0.05) is 50.6 Å². The molecule has 0 saturated carbocycles. The fourth-order valence-electron chi connectivity index (χ4n) is 3.85. The predicted molar refractivity (Wildman–Crippen MR) is 122 cm³/mol. The lowest BCUT2D eigenvalue weighted by molar-refractivity contribution is 0.0675. The van der Waals surface area contributed by atoms with Crippen molar-refractivity contribution < 1.29 is 4.79 Å². The summed E-state index contributed by atoms with van der Waals surface area (Å²) in [5.74, 6) is 0.637. The van der Waals surface area contributed by atoms with Crippen LogP contribution in [0.25, 0.3) is 10.9 Å². The Morgan fingerprint density at radius 3 is 2.47 bits per heavy atom. The summed E-state index contributed by atoms with van der Waals surface area (Å²) in [6.45, 7) is 9.30. The summed E-state index contributed by atoms with van der Waals surface area (Å²) in [6, 6.07) is 14.8. The minimum atomic E-state index is -0.312.